The zero-order valence-corrected chi connectivity index (χ0v) is 15.8. The number of rotatable bonds is 3. The fourth-order valence-corrected chi connectivity index (χ4v) is 5.12. The van der Waals surface area contributed by atoms with E-state index in [2.05, 4.69) is 10.1 Å². The highest BCUT2D eigenvalue weighted by Gasteiger charge is 2.29. The minimum Gasteiger partial charge on any atom is -0.310 e. The van der Waals surface area contributed by atoms with Gasteiger partial charge in [0, 0.05) is 19.0 Å². The largest absolute Gasteiger partial charge is 0.310 e. The molecule has 1 aliphatic heterocycles. The van der Waals surface area contributed by atoms with Gasteiger partial charge in [-0.15, -0.1) is 0 Å². The molecule has 8 nitrogen and oxygen atoms in total. The molecule has 0 radical (unpaired) electrons. The number of nitrogens with one attached hydrogen (secondary N) is 1. The van der Waals surface area contributed by atoms with Crippen LogP contribution in [0.3, 0.4) is 0 Å². The molecule has 1 atom stereocenters. The third-order valence-corrected chi connectivity index (χ3v) is 6.91. The SMILES string of the molecule is BS(=O)(=O)N1CCCC(c2nc3c(cnn3C3CCCCC3)c(=O)[nH]2)C1. The summed E-state index contributed by atoms with van der Waals surface area (Å²) in [5.74, 6) is 0.485. The molecule has 1 N–H and O–H groups in total. The molecule has 1 saturated carbocycles. The van der Waals surface area contributed by atoms with Gasteiger partial charge in [-0.05, 0) is 25.7 Å². The topological polar surface area (TPSA) is 101 Å². The predicted octanol–water partition coefficient (Wildman–Crippen LogP) is 0.682. The maximum absolute atomic E-state index is 12.5. The first-order chi connectivity index (χ1) is 12.4. The molecule has 2 aromatic heterocycles. The summed E-state index contributed by atoms with van der Waals surface area (Å²) in [5.41, 5.74) is 0.440. The fourth-order valence-electron chi connectivity index (χ4n) is 4.21. The summed E-state index contributed by atoms with van der Waals surface area (Å²) in [6.45, 7) is 0.895. The maximum atomic E-state index is 12.5. The Morgan fingerprint density at radius 1 is 1.15 bits per heavy atom. The second kappa shape index (κ2) is 6.81. The number of H-pyrrole nitrogens is 1. The van der Waals surface area contributed by atoms with Crippen LogP contribution in [0.1, 0.15) is 62.7 Å². The minimum absolute atomic E-state index is 0.0923. The van der Waals surface area contributed by atoms with E-state index < -0.39 is 9.87 Å². The number of fused-ring (bicyclic) bond motifs is 1. The molecule has 140 valence electrons. The average molecular weight is 377 g/mol. The van der Waals surface area contributed by atoms with Crippen molar-refractivity contribution < 1.29 is 8.42 Å². The van der Waals surface area contributed by atoms with Gasteiger partial charge >= 0.3 is 0 Å². The van der Waals surface area contributed by atoms with Crippen molar-refractivity contribution >= 4 is 28.0 Å². The van der Waals surface area contributed by atoms with Gasteiger partial charge in [-0.2, -0.15) is 5.10 Å². The molecule has 0 spiro atoms. The maximum Gasteiger partial charge on any atom is 0.276 e. The number of hydrogen-bond acceptors (Lipinski definition) is 5. The molecule has 3 heterocycles. The summed E-state index contributed by atoms with van der Waals surface area (Å²) in [6.07, 6.45) is 8.90. The van der Waals surface area contributed by atoms with Crippen LogP contribution in [0.5, 0.6) is 0 Å². The molecule has 1 saturated heterocycles. The Kier molecular flexibility index (Phi) is 4.64. The van der Waals surface area contributed by atoms with Gasteiger partial charge in [0.1, 0.15) is 11.2 Å². The molecule has 0 aromatic carbocycles. The van der Waals surface area contributed by atoms with Crippen molar-refractivity contribution in [1.82, 2.24) is 24.1 Å². The molecule has 4 rings (SSSR count). The Balaban J connectivity index is 1.71. The van der Waals surface area contributed by atoms with Gasteiger partial charge in [-0.3, -0.25) is 4.79 Å². The first-order valence-corrected chi connectivity index (χ1v) is 11.2. The molecule has 2 aromatic rings. The third kappa shape index (κ3) is 3.32. The second-order valence-electron chi connectivity index (χ2n) is 7.53. The van der Waals surface area contributed by atoms with E-state index in [1.165, 1.54) is 30.7 Å². The molecular formula is C16H24BN5O3S. The molecule has 0 amide bonds. The molecule has 2 fully saturated rings. The van der Waals surface area contributed by atoms with Gasteiger partial charge in [0.15, 0.2) is 15.5 Å². The lowest BCUT2D eigenvalue weighted by atomic mass is 9.96. The lowest BCUT2D eigenvalue weighted by Crippen LogP contribution is -2.39. The van der Waals surface area contributed by atoms with E-state index in [9.17, 15) is 13.2 Å². The predicted molar refractivity (Wildman–Crippen MR) is 101 cm³/mol. The van der Waals surface area contributed by atoms with E-state index in [0.29, 0.717) is 36.0 Å². The molecule has 0 bridgehead atoms. The normalized spacial score (nSPS) is 23.5. The highest BCUT2D eigenvalue weighted by Crippen LogP contribution is 2.30. The average Bonchev–Trinajstić information content (AvgIpc) is 3.06. The zero-order valence-electron chi connectivity index (χ0n) is 15.0. The fraction of sp³-hybridized carbons (Fsp3) is 0.688. The Labute approximate surface area is 153 Å². The van der Waals surface area contributed by atoms with E-state index in [0.717, 1.165) is 25.7 Å². The van der Waals surface area contributed by atoms with Gasteiger partial charge in [0.25, 0.3) is 12.7 Å². The van der Waals surface area contributed by atoms with Crippen molar-refractivity contribution in [2.24, 2.45) is 0 Å². The first kappa shape index (κ1) is 17.7. The molecular weight excluding hydrogens is 353 g/mol. The highest BCUT2D eigenvalue weighted by molar-refractivity contribution is 8.10. The third-order valence-electron chi connectivity index (χ3n) is 5.64. The molecule has 26 heavy (non-hydrogen) atoms. The molecule has 1 unspecified atom stereocenters. The van der Waals surface area contributed by atoms with Gasteiger partial charge in [-0.1, -0.05) is 19.3 Å². The number of aromatic nitrogens is 4. The van der Waals surface area contributed by atoms with Gasteiger partial charge in [0.05, 0.1) is 12.2 Å². The van der Waals surface area contributed by atoms with Crippen LogP contribution in [0.2, 0.25) is 0 Å². The number of aromatic amines is 1. The van der Waals surface area contributed by atoms with E-state index in [4.69, 9.17) is 4.98 Å². The summed E-state index contributed by atoms with van der Waals surface area (Å²) in [7, 11) is -2.01. The van der Waals surface area contributed by atoms with Crippen LogP contribution in [0.25, 0.3) is 11.0 Å². The van der Waals surface area contributed by atoms with Crippen LogP contribution in [-0.4, -0.2) is 52.7 Å². The van der Waals surface area contributed by atoms with Crippen molar-refractivity contribution in [2.75, 3.05) is 13.1 Å². The monoisotopic (exact) mass is 377 g/mol. The van der Waals surface area contributed by atoms with Crippen LogP contribution in [-0.2, 0) is 9.87 Å². The standard InChI is InChI=1S/C16H24BN5O3S/c17-26(24,25)21-8-4-5-11(10-21)14-19-15-13(16(23)20-14)9-18-22(15)12-6-2-1-3-7-12/h9,11-12H,1-8,10,17H2,(H,19,20,23). The Morgan fingerprint density at radius 3 is 2.65 bits per heavy atom. The Hall–Kier alpha value is -1.68. The van der Waals surface area contributed by atoms with E-state index in [1.807, 2.05) is 4.68 Å². The molecule has 2 aliphatic rings. The van der Waals surface area contributed by atoms with Crippen molar-refractivity contribution in [2.45, 2.75) is 56.9 Å². The van der Waals surface area contributed by atoms with E-state index in [1.54, 1.807) is 6.20 Å². The number of hydrogen-bond donors (Lipinski definition) is 1. The lowest BCUT2D eigenvalue weighted by molar-refractivity contribution is 0.313. The van der Waals surface area contributed by atoms with Crippen LogP contribution < -0.4 is 5.56 Å². The number of piperidine rings is 1. The van der Waals surface area contributed by atoms with Gasteiger partial charge in [0.2, 0.25) is 0 Å². The lowest BCUT2D eigenvalue weighted by Gasteiger charge is -2.30. The second-order valence-corrected chi connectivity index (χ2v) is 9.51. The Morgan fingerprint density at radius 2 is 1.92 bits per heavy atom. The highest BCUT2D eigenvalue weighted by atomic mass is 32.2. The summed E-state index contributed by atoms with van der Waals surface area (Å²) >= 11 is 0. The molecule has 1 aliphatic carbocycles. The van der Waals surface area contributed by atoms with Crippen molar-refractivity contribution in [1.29, 1.82) is 0 Å². The summed E-state index contributed by atoms with van der Waals surface area (Å²) in [4.78, 5) is 20.1. The van der Waals surface area contributed by atoms with Gasteiger partial charge in [-0.25, -0.2) is 22.4 Å². The first-order valence-electron chi connectivity index (χ1n) is 9.36. The summed E-state index contributed by atoms with van der Waals surface area (Å²) in [6, 6.07) is 0.294. The van der Waals surface area contributed by atoms with Crippen LogP contribution >= 0.6 is 0 Å². The summed E-state index contributed by atoms with van der Waals surface area (Å²) in [5, 5.41) is 4.96. The van der Waals surface area contributed by atoms with Crippen LogP contribution in [0, 0.1) is 0 Å². The van der Waals surface area contributed by atoms with E-state index in [-0.39, 0.29) is 11.5 Å². The minimum atomic E-state index is -3.24. The van der Waals surface area contributed by atoms with Crippen LogP contribution in [0.4, 0.5) is 0 Å². The van der Waals surface area contributed by atoms with Crippen molar-refractivity contribution in [3.8, 4) is 0 Å². The van der Waals surface area contributed by atoms with Crippen LogP contribution in [0.15, 0.2) is 11.0 Å². The van der Waals surface area contributed by atoms with Crippen molar-refractivity contribution in [3.05, 3.63) is 22.4 Å². The smallest absolute Gasteiger partial charge is 0.276 e. The zero-order chi connectivity index (χ0) is 18.3. The van der Waals surface area contributed by atoms with E-state index >= 15 is 0 Å². The Bertz CT molecular complexity index is 964. The quantitative estimate of drug-likeness (QED) is 0.793. The number of nitrogens with zero attached hydrogens (tertiary/aromatic N) is 4. The van der Waals surface area contributed by atoms with Gasteiger partial charge < -0.3 is 4.98 Å². The summed E-state index contributed by atoms with van der Waals surface area (Å²) < 4.78 is 27.1. The molecule has 10 heteroatoms. The van der Waals surface area contributed by atoms with Crippen molar-refractivity contribution in [3.63, 3.8) is 0 Å².